The van der Waals surface area contributed by atoms with Crippen molar-refractivity contribution < 1.29 is 45.1 Å². The monoisotopic (exact) mass is 670 g/mol. The molecule has 246 valence electrons. The molecule has 0 bridgehead atoms. The Bertz CT molecular complexity index is 1470. The zero-order chi connectivity index (χ0) is 32.8. The Morgan fingerprint density at radius 2 is 1.49 bits per heavy atom. The summed E-state index contributed by atoms with van der Waals surface area (Å²) in [6.07, 6.45) is -3.78. The molecule has 0 N–H and O–H groups in total. The smallest absolute Gasteiger partial charge is 0.416 e. The average molecular weight is 671 g/mol. The summed E-state index contributed by atoms with van der Waals surface area (Å²) in [7, 11) is -5.50. The lowest BCUT2D eigenvalue weighted by atomic mass is 10.0. The van der Waals surface area contributed by atoms with E-state index < -0.39 is 44.8 Å². The van der Waals surface area contributed by atoms with Crippen molar-refractivity contribution >= 4 is 20.9 Å². The standard InChI is InChI=1S/C31H39F3N2O7P2/c1-6-40-44(37,41-7-2)21-30(45(38)42-22(3)23(4)43-45)29-17-14-27(20-35-29)36(5)18-19-39-28-15-10-25(11-16-28)24-8-12-26(13-9-24)31(32,33)34/h8-17,20,22-23,30H,6-7,18-19,21H2,1-5H3. The summed E-state index contributed by atoms with van der Waals surface area (Å²) in [5.74, 6) is 0.619. The van der Waals surface area contributed by atoms with E-state index in [2.05, 4.69) is 4.98 Å². The summed E-state index contributed by atoms with van der Waals surface area (Å²) >= 11 is 0. The van der Waals surface area contributed by atoms with Gasteiger partial charge in [-0.05, 0) is 75.2 Å². The third-order valence-corrected chi connectivity index (χ3v) is 12.2. The summed E-state index contributed by atoms with van der Waals surface area (Å²) in [6.45, 7) is 8.13. The first-order valence-electron chi connectivity index (χ1n) is 14.7. The molecule has 1 aliphatic rings. The van der Waals surface area contributed by atoms with Gasteiger partial charge in [-0.2, -0.15) is 13.2 Å². The molecule has 14 heteroatoms. The lowest BCUT2D eigenvalue weighted by Crippen LogP contribution is -2.24. The molecule has 3 unspecified atom stereocenters. The molecule has 1 aromatic heterocycles. The predicted molar refractivity (Wildman–Crippen MR) is 167 cm³/mol. The van der Waals surface area contributed by atoms with Crippen molar-refractivity contribution in [2.24, 2.45) is 0 Å². The number of nitrogens with zero attached hydrogens (tertiary/aromatic N) is 2. The van der Waals surface area contributed by atoms with Crippen molar-refractivity contribution in [2.45, 2.75) is 51.7 Å². The molecule has 1 aliphatic heterocycles. The van der Waals surface area contributed by atoms with Gasteiger partial charge in [-0.3, -0.25) is 14.1 Å². The van der Waals surface area contributed by atoms with Gasteiger partial charge < -0.3 is 27.7 Å². The van der Waals surface area contributed by atoms with Crippen LogP contribution in [0.1, 0.15) is 44.6 Å². The van der Waals surface area contributed by atoms with Gasteiger partial charge in [0.05, 0.1) is 61.3 Å². The first-order valence-corrected chi connectivity index (χ1v) is 18.0. The summed E-state index contributed by atoms with van der Waals surface area (Å²) in [6, 6.07) is 15.7. The molecule has 3 aromatic rings. The molecule has 9 nitrogen and oxygen atoms in total. The lowest BCUT2D eigenvalue weighted by molar-refractivity contribution is -0.137. The normalized spacial score (nSPS) is 21.1. The van der Waals surface area contributed by atoms with Gasteiger partial charge >= 0.3 is 21.4 Å². The quantitative estimate of drug-likeness (QED) is 0.156. The highest BCUT2D eigenvalue weighted by molar-refractivity contribution is 7.58. The molecule has 4 rings (SSSR count). The Kier molecular flexibility index (Phi) is 11.6. The summed E-state index contributed by atoms with van der Waals surface area (Å²) in [5.41, 5.74) is 0.959. The zero-order valence-corrected chi connectivity index (χ0v) is 27.7. The van der Waals surface area contributed by atoms with Crippen molar-refractivity contribution in [2.75, 3.05) is 44.5 Å². The van der Waals surface area contributed by atoms with E-state index in [1.165, 1.54) is 12.1 Å². The molecule has 2 aromatic carbocycles. The highest BCUT2D eigenvalue weighted by Gasteiger charge is 2.50. The van der Waals surface area contributed by atoms with Crippen molar-refractivity contribution in [3.63, 3.8) is 0 Å². The van der Waals surface area contributed by atoms with Gasteiger partial charge in [-0.15, -0.1) is 0 Å². The number of anilines is 1. The SMILES string of the molecule is CCOP(=O)(CC(c1ccc(N(C)CCOc2ccc(-c3ccc(C(F)(F)F)cc3)cc2)cn1)P1(=O)OC(C)C(C)O1)OCC. The van der Waals surface area contributed by atoms with Gasteiger partial charge in [-0.1, -0.05) is 24.3 Å². The number of benzene rings is 2. The summed E-state index contributed by atoms with van der Waals surface area (Å²) < 4.78 is 94.3. The number of aromatic nitrogens is 1. The first kappa shape index (κ1) is 35.1. The minimum atomic E-state index is -4.37. The van der Waals surface area contributed by atoms with E-state index in [1.807, 2.05) is 18.0 Å². The van der Waals surface area contributed by atoms with Crippen LogP contribution in [-0.2, 0) is 33.4 Å². The molecule has 0 aliphatic carbocycles. The van der Waals surface area contributed by atoms with Gasteiger partial charge in [0.2, 0.25) is 0 Å². The Morgan fingerprint density at radius 3 is 1.98 bits per heavy atom. The molecule has 3 atom stereocenters. The molecule has 1 saturated heterocycles. The topological polar surface area (TPSA) is 96.4 Å². The van der Waals surface area contributed by atoms with Crippen LogP contribution in [0.25, 0.3) is 11.1 Å². The number of hydrogen-bond donors (Lipinski definition) is 0. The highest BCUT2D eigenvalue weighted by Crippen LogP contribution is 2.70. The number of halogens is 3. The first-order chi connectivity index (χ1) is 21.3. The van der Waals surface area contributed by atoms with Crippen LogP contribution in [0.5, 0.6) is 5.75 Å². The van der Waals surface area contributed by atoms with Crippen LogP contribution in [0.4, 0.5) is 18.9 Å². The van der Waals surface area contributed by atoms with Crippen LogP contribution in [0, 0.1) is 0 Å². The lowest BCUT2D eigenvalue weighted by Gasteiger charge is -2.26. The second-order valence-electron chi connectivity index (χ2n) is 10.6. The van der Waals surface area contributed by atoms with E-state index in [0.717, 1.165) is 23.4 Å². The summed E-state index contributed by atoms with van der Waals surface area (Å²) in [4.78, 5) is 6.49. The van der Waals surface area contributed by atoms with E-state index in [-0.39, 0.29) is 19.4 Å². The minimum absolute atomic E-state index is 0.158. The third kappa shape index (κ3) is 8.97. The number of likely N-dealkylation sites (N-methyl/N-ethyl adjacent to an activating group) is 1. The predicted octanol–water partition coefficient (Wildman–Crippen LogP) is 8.61. The van der Waals surface area contributed by atoms with Crippen LogP contribution in [0.15, 0.2) is 66.9 Å². The molecule has 1 fully saturated rings. The van der Waals surface area contributed by atoms with E-state index in [4.69, 9.17) is 22.8 Å². The molecule has 2 heterocycles. The average Bonchev–Trinajstić information content (AvgIpc) is 3.27. The highest BCUT2D eigenvalue weighted by atomic mass is 31.2. The molecular weight excluding hydrogens is 631 g/mol. The van der Waals surface area contributed by atoms with Gasteiger partial charge in [0.15, 0.2) is 0 Å². The Balaban J connectivity index is 1.39. The van der Waals surface area contributed by atoms with Crippen LogP contribution in [0.3, 0.4) is 0 Å². The largest absolute Gasteiger partial charge is 0.492 e. The number of rotatable bonds is 14. The van der Waals surface area contributed by atoms with E-state index in [0.29, 0.717) is 30.2 Å². The Morgan fingerprint density at radius 1 is 0.933 bits per heavy atom. The van der Waals surface area contributed by atoms with Crippen LogP contribution < -0.4 is 9.64 Å². The second-order valence-corrected chi connectivity index (χ2v) is 14.8. The third-order valence-electron chi connectivity index (χ3n) is 7.37. The van der Waals surface area contributed by atoms with Crippen molar-refractivity contribution in [1.29, 1.82) is 0 Å². The Labute approximate surface area is 262 Å². The van der Waals surface area contributed by atoms with Crippen LogP contribution >= 0.6 is 15.2 Å². The maximum absolute atomic E-state index is 13.9. The van der Waals surface area contributed by atoms with Crippen LogP contribution in [0.2, 0.25) is 0 Å². The molecule has 45 heavy (non-hydrogen) atoms. The van der Waals surface area contributed by atoms with Gasteiger partial charge in [0.1, 0.15) is 18.0 Å². The molecule has 0 radical (unpaired) electrons. The minimum Gasteiger partial charge on any atom is -0.492 e. The zero-order valence-electron chi connectivity index (χ0n) is 25.9. The molecule has 0 spiro atoms. The number of alkyl halides is 3. The van der Waals surface area contributed by atoms with E-state index >= 15 is 0 Å². The summed E-state index contributed by atoms with van der Waals surface area (Å²) in [5, 5.41) is 0. The van der Waals surface area contributed by atoms with Crippen molar-refractivity contribution in [3.05, 3.63) is 78.1 Å². The van der Waals surface area contributed by atoms with E-state index in [9.17, 15) is 22.3 Å². The fraction of sp³-hybridized carbons (Fsp3) is 0.452. The maximum atomic E-state index is 13.9. The van der Waals surface area contributed by atoms with Crippen LogP contribution in [-0.4, -0.2) is 56.8 Å². The van der Waals surface area contributed by atoms with Gasteiger partial charge in [0, 0.05) is 7.05 Å². The number of ether oxygens (including phenoxy) is 1. The number of hydrogen-bond acceptors (Lipinski definition) is 9. The number of pyridine rings is 1. The maximum Gasteiger partial charge on any atom is 0.416 e. The van der Waals surface area contributed by atoms with Crippen molar-refractivity contribution in [1.82, 2.24) is 4.98 Å². The van der Waals surface area contributed by atoms with Gasteiger partial charge in [-0.25, -0.2) is 0 Å². The van der Waals surface area contributed by atoms with E-state index in [1.54, 1.807) is 64.2 Å². The Hall–Kier alpha value is -2.72. The fourth-order valence-electron chi connectivity index (χ4n) is 4.76. The fourth-order valence-corrected chi connectivity index (χ4v) is 9.93. The second kappa shape index (κ2) is 14.8. The molecule has 0 saturated carbocycles. The van der Waals surface area contributed by atoms with Crippen molar-refractivity contribution in [3.8, 4) is 16.9 Å². The molecule has 0 amide bonds. The van der Waals surface area contributed by atoms with Gasteiger partial charge in [0.25, 0.3) is 0 Å². The molecular formula is C31H39F3N2O7P2.